The van der Waals surface area contributed by atoms with Gasteiger partial charge < -0.3 is 10.3 Å². The Bertz CT molecular complexity index is 296. The van der Waals surface area contributed by atoms with Crippen molar-refractivity contribution in [1.82, 2.24) is 10.1 Å². The number of aryl methyl sites for hydroxylation is 1. The molecule has 0 spiro atoms. The first-order valence-electron chi connectivity index (χ1n) is 6.21. The third-order valence-electron chi connectivity index (χ3n) is 2.61. The van der Waals surface area contributed by atoms with E-state index in [4.69, 9.17) is 10.3 Å². The number of hydrogen-bond acceptors (Lipinski definition) is 4. The van der Waals surface area contributed by atoms with Crippen LogP contribution >= 0.6 is 0 Å². The zero-order chi connectivity index (χ0) is 12.0. The van der Waals surface area contributed by atoms with Crippen LogP contribution in [0.5, 0.6) is 0 Å². The molecule has 1 rings (SSSR count). The smallest absolute Gasteiger partial charge is 0.243 e. The number of unbranched alkanes of at least 4 members (excludes halogenated alkanes) is 1. The first-order chi connectivity index (χ1) is 7.63. The summed E-state index contributed by atoms with van der Waals surface area (Å²) in [7, 11) is 0. The minimum atomic E-state index is -0.0970. The third kappa shape index (κ3) is 4.31. The summed E-state index contributed by atoms with van der Waals surface area (Å²) in [6.45, 7) is 6.52. The summed E-state index contributed by atoms with van der Waals surface area (Å²) >= 11 is 0. The van der Waals surface area contributed by atoms with Gasteiger partial charge in [-0.25, -0.2) is 0 Å². The summed E-state index contributed by atoms with van der Waals surface area (Å²) in [5, 5.41) is 3.95. The Morgan fingerprint density at radius 2 is 2.06 bits per heavy atom. The van der Waals surface area contributed by atoms with Gasteiger partial charge in [-0.2, -0.15) is 4.98 Å². The van der Waals surface area contributed by atoms with E-state index in [1.807, 2.05) is 0 Å². The van der Waals surface area contributed by atoms with Crippen molar-refractivity contribution >= 4 is 0 Å². The predicted molar refractivity (Wildman–Crippen MR) is 63.9 cm³/mol. The van der Waals surface area contributed by atoms with E-state index < -0.39 is 0 Å². The van der Waals surface area contributed by atoms with Crippen LogP contribution in [0.25, 0.3) is 0 Å². The van der Waals surface area contributed by atoms with Gasteiger partial charge in [0.05, 0.1) is 6.04 Å². The lowest BCUT2D eigenvalue weighted by molar-refractivity contribution is 0.342. The van der Waals surface area contributed by atoms with Gasteiger partial charge in [0.1, 0.15) is 0 Å². The van der Waals surface area contributed by atoms with Crippen molar-refractivity contribution in [1.29, 1.82) is 0 Å². The van der Waals surface area contributed by atoms with Crippen molar-refractivity contribution < 1.29 is 4.52 Å². The molecule has 0 aliphatic carbocycles. The van der Waals surface area contributed by atoms with Gasteiger partial charge in [0, 0.05) is 6.42 Å². The van der Waals surface area contributed by atoms with Crippen LogP contribution in [0, 0.1) is 5.92 Å². The van der Waals surface area contributed by atoms with Crippen LogP contribution in [0.3, 0.4) is 0 Å². The number of aromatic nitrogens is 2. The first-order valence-corrected chi connectivity index (χ1v) is 6.21. The minimum absolute atomic E-state index is 0.0970. The molecule has 2 N–H and O–H groups in total. The van der Waals surface area contributed by atoms with Gasteiger partial charge in [0.2, 0.25) is 5.89 Å². The molecular weight excluding hydrogens is 202 g/mol. The van der Waals surface area contributed by atoms with Gasteiger partial charge in [-0.05, 0) is 18.8 Å². The van der Waals surface area contributed by atoms with E-state index in [-0.39, 0.29) is 6.04 Å². The van der Waals surface area contributed by atoms with E-state index in [1.165, 1.54) is 0 Å². The van der Waals surface area contributed by atoms with Crippen LogP contribution in [0.2, 0.25) is 0 Å². The molecule has 1 aromatic heterocycles. The molecule has 0 bridgehead atoms. The molecular formula is C12H23N3O. The molecule has 1 unspecified atom stereocenters. The van der Waals surface area contributed by atoms with Gasteiger partial charge >= 0.3 is 0 Å². The van der Waals surface area contributed by atoms with E-state index in [1.54, 1.807) is 0 Å². The third-order valence-corrected chi connectivity index (χ3v) is 2.61. The zero-order valence-electron chi connectivity index (χ0n) is 10.6. The van der Waals surface area contributed by atoms with E-state index in [0.717, 1.165) is 37.9 Å². The average molecular weight is 225 g/mol. The molecule has 1 aromatic rings. The summed E-state index contributed by atoms with van der Waals surface area (Å²) in [5.74, 6) is 2.04. The quantitative estimate of drug-likeness (QED) is 0.775. The van der Waals surface area contributed by atoms with Gasteiger partial charge in [0.25, 0.3) is 0 Å². The highest BCUT2D eigenvalue weighted by Crippen LogP contribution is 2.15. The SMILES string of the molecule is CCCCC(N)c1nc(CCC(C)C)no1. The van der Waals surface area contributed by atoms with E-state index in [9.17, 15) is 0 Å². The molecule has 4 nitrogen and oxygen atoms in total. The van der Waals surface area contributed by atoms with Crippen molar-refractivity contribution in [2.75, 3.05) is 0 Å². The second-order valence-electron chi connectivity index (χ2n) is 4.73. The maximum atomic E-state index is 5.95. The van der Waals surface area contributed by atoms with Crippen molar-refractivity contribution in [3.8, 4) is 0 Å². The fourth-order valence-corrected chi connectivity index (χ4v) is 1.48. The summed E-state index contributed by atoms with van der Waals surface area (Å²) in [6.07, 6.45) is 5.13. The van der Waals surface area contributed by atoms with Gasteiger partial charge in [-0.3, -0.25) is 0 Å². The van der Waals surface area contributed by atoms with Gasteiger partial charge in [-0.1, -0.05) is 38.8 Å². The second-order valence-corrected chi connectivity index (χ2v) is 4.73. The Hall–Kier alpha value is -0.900. The Morgan fingerprint density at radius 1 is 1.31 bits per heavy atom. The highest BCUT2D eigenvalue weighted by molar-refractivity contribution is 4.91. The Balaban J connectivity index is 2.43. The second kappa shape index (κ2) is 6.63. The maximum absolute atomic E-state index is 5.95. The highest BCUT2D eigenvalue weighted by Gasteiger charge is 2.14. The predicted octanol–water partition coefficient (Wildman–Crippen LogP) is 2.85. The lowest BCUT2D eigenvalue weighted by Gasteiger charge is -2.03. The van der Waals surface area contributed by atoms with Crippen LogP contribution in [-0.2, 0) is 6.42 Å². The van der Waals surface area contributed by atoms with Crippen molar-refractivity contribution in [3.63, 3.8) is 0 Å². The number of rotatable bonds is 7. The Labute approximate surface area is 97.6 Å². The van der Waals surface area contributed by atoms with Crippen molar-refractivity contribution in [3.05, 3.63) is 11.7 Å². The highest BCUT2D eigenvalue weighted by atomic mass is 16.5. The normalized spacial score (nSPS) is 13.3. The maximum Gasteiger partial charge on any atom is 0.243 e. The Kier molecular flexibility index (Phi) is 5.46. The summed E-state index contributed by atoms with van der Waals surface area (Å²) < 4.78 is 5.17. The molecule has 0 fully saturated rings. The topological polar surface area (TPSA) is 64.9 Å². The molecule has 0 amide bonds. The van der Waals surface area contributed by atoms with Gasteiger partial charge in [-0.15, -0.1) is 0 Å². The fourth-order valence-electron chi connectivity index (χ4n) is 1.48. The zero-order valence-corrected chi connectivity index (χ0v) is 10.6. The monoisotopic (exact) mass is 225 g/mol. The molecule has 1 heterocycles. The largest absolute Gasteiger partial charge is 0.338 e. The molecule has 0 aliphatic rings. The molecule has 0 saturated carbocycles. The molecule has 4 heteroatoms. The van der Waals surface area contributed by atoms with Crippen molar-refractivity contribution in [2.45, 2.75) is 58.9 Å². The number of nitrogens with zero attached hydrogens (tertiary/aromatic N) is 2. The van der Waals surface area contributed by atoms with Crippen LogP contribution in [0.15, 0.2) is 4.52 Å². The fraction of sp³-hybridized carbons (Fsp3) is 0.833. The molecule has 92 valence electrons. The molecule has 0 aromatic carbocycles. The van der Waals surface area contributed by atoms with E-state index >= 15 is 0 Å². The lowest BCUT2D eigenvalue weighted by atomic mass is 10.1. The molecule has 0 saturated heterocycles. The molecule has 0 radical (unpaired) electrons. The molecule has 1 atom stereocenters. The standard InChI is InChI=1S/C12H23N3O/c1-4-5-6-10(13)12-14-11(15-16-12)8-7-9(2)3/h9-10H,4-8,13H2,1-3H3. The van der Waals surface area contributed by atoms with Crippen LogP contribution in [0.4, 0.5) is 0 Å². The number of hydrogen-bond donors (Lipinski definition) is 1. The summed E-state index contributed by atoms with van der Waals surface area (Å²) in [5.41, 5.74) is 5.95. The average Bonchev–Trinajstić information content (AvgIpc) is 2.71. The summed E-state index contributed by atoms with van der Waals surface area (Å²) in [4.78, 5) is 4.33. The van der Waals surface area contributed by atoms with Crippen LogP contribution < -0.4 is 5.73 Å². The van der Waals surface area contributed by atoms with E-state index in [0.29, 0.717) is 11.8 Å². The van der Waals surface area contributed by atoms with Crippen LogP contribution in [-0.4, -0.2) is 10.1 Å². The molecule has 0 aliphatic heterocycles. The lowest BCUT2D eigenvalue weighted by Crippen LogP contribution is -2.10. The molecule has 16 heavy (non-hydrogen) atoms. The van der Waals surface area contributed by atoms with Crippen molar-refractivity contribution in [2.24, 2.45) is 11.7 Å². The minimum Gasteiger partial charge on any atom is -0.338 e. The van der Waals surface area contributed by atoms with Gasteiger partial charge in [0.15, 0.2) is 5.82 Å². The van der Waals surface area contributed by atoms with Crippen LogP contribution in [0.1, 0.15) is 64.2 Å². The Morgan fingerprint density at radius 3 is 2.69 bits per heavy atom. The first kappa shape index (κ1) is 13.2. The van der Waals surface area contributed by atoms with E-state index in [2.05, 4.69) is 30.9 Å². The number of nitrogens with two attached hydrogens (primary N) is 1. The summed E-state index contributed by atoms with van der Waals surface area (Å²) in [6, 6.07) is -0.0970.